The lowest BCUT2D eigenvalue weighted by Crippen LogP contribution is -2.32. The van der Waals surface area contributed by atoms with Gasteiger partial charge in [-0.05, 0) is 76.5 Å². The third kappa shape index (κ3) is 6.67. The van der Waals surface area contributed by atoms with Crippen molar-refractivity contribution in [1.29, 1.82) is 0 Å². The topological polar surface area (TPSA) is 84.2 Å². The van der Waals surface area contributed by atoms with Crippen LogP contribution in [0.15, 0.2) is 34.8 Å². The number of halogens is 1. The van der Waals surface area contributed by atoms with E-state index in [4.69, 9.17) is 4.98 Å². The number of carboxylic acids is 1. The van der Waals surface area contributed by atoms with E-state index in [1.54, 1.807) is 6.07 Å². The van der Waals surface area contributed by atoms with Gasteiger partial charge in [0.1, 0.15) is 5.82 Å². The maximum Gasteiger partial charge on any atom is 0.336 e. The zero-order valence-corrected chi connectivity index (χ0v) is 23.2. The Labute approximate surface area is 221 Å². The standard InChI is InChI=1S/C27H34BrN3O3S/c1-5-6-24-30-25-17(4)10-19(13-29-26(32)20(15-35)9-16(2)3)12-23(25)31(24)14-18-7-8-21(27(33)34)22(28)11-18/h7-8,10-12,16,20,35H,5-6,9,13-15H2,1-4H3,(H,29,32)(H,33,34)/t20-/m0/s1. The first kappa shape index (κ1) is 27.3. The molecule has 3 rings (SSSR count). The quantitative estimate of drug-likeness (QED) is 0.251. The van der Waals surface area contributed by atoms with Gasteiger partial charge in [0.25, 0.3) is 0 Å². The summed E-state index contributed by atoms with van der Waals surface area (Å²) in [7, 11) is 0. The van der Waals surface area contributed by atoms with Gasteiger partial charge in [0.2, 0.25) is 5.91 Å². The van der Waals surface area contributed by atoms with Gasteiger partial charge in [-0.25, -0.2) is 9.78 Å². The van der Waals surface area contributed by atoms with Crippen molar-refractivity contribution in [1.82, 2.24) is 14.9 Å². The molecule has 0 aliphatic heterocycles. The Morgan fingerprint density at radius 3 is 2.54 bits per heavy atom. The largest absolute Gasteiger partial charge is 0.478 e. The summed E-state index contributed by atoms with van der Waals surface area (Å²) in [6, 6.07) is 9.52. The van der Waals surface area contributed by atoms with Gasteiger partial charge in [0.05, 0.1) is 16.6 Å². The van der Waals surface area contributed by atoms with Crippen LogP contribution in [0.5, 0.6) is 0 Å². The normalized spacial score (nSPS) is 12.3. The minimum atomic E-state index is -0.959. The lowest BCUT2D eigenvalue weighted by molar-refractivity contribution is -0.124. The summed E-state index contributed by atoms with van der Waals surface area (Å²) in [5.41, 5.74) is 5.29. The van der Waals surface area contributed by atoms with Crippen LogP contribution >= 0.6 is 28.6 Å². The lowest BCUT2D eigenvalue weighted by atomic mass is 9.98. The molecular formula is C27H34BrN3O3S. The average molecular weight is 561 g/mol. The lowest BCUT2D eigenvalue weighted by Gasteiger charge is -2.17. The Morgan fingerprint density at radius 1 is 1.20 bits per heavy atom. The van der Waals surface area contributed by atoms with E-state index in [1.165, 1.54) is 0 Å². The number of aromatic nitrogens is 2. The Bertz CT molecular complexity index is 1220. The molecule has 1 amide bonds. The Morgan fingerprint density at radius 2 is 1.94 bits per heavy atom. The van der Waals surface area contributed by atoms with Gasteiger partial charge in [-0.1, -0.05) is 32.9 Å². The van der Waals surface area contributed by atoms with Crippen LogP contribution in [0, 0.1) is 18.8 Å². The number of benzene rings is 2. The number of thiol groups is 1. The maximum atomic E-state index is 12.7. The molecule has 2 aromatic carbocycles. The molecule has 0 aliphatic rings. The van der Waals surface area contributed by atoms with Crippen molar-refractivity contribution in [3.63, 3.8) is 0 Å². The monoisotopic (exact) mass is 559 g/mol. The molecule has 0 fully saturated rings. The van der Waals surface area contributed by atoms with Gasteiger partial charge in [0.15, 0.2) is 0 Å². The highest BCUT2D eigenvalue weighted by atomic mass is 79.9. The van der Waals surface area contributed by atoms with Gasteiger partial charge in [0, 0.05) is 35.7 Å². The van der Waals surface area contributed by atoms with Crippen LogP contribution < -0.4 is 5.32 Å². The summed E-state index contributed by atoms with van der Waals surface area (Å²) < 4.78 is 2.76. The first-order chi connectivity index (χ1) is 16.6. The molecule has 3 aromatic rings. The van der Waals surface area contributed by atoms with E-state index in [0.29, 0.717) is 29.2 Å². The van der Waals surface area contributed by atoms with Crippen LogP contribution in [0.4, 0.5) is 0 Å². The highest BCUT2D eigenvalue weighted by molar-refractivity contribution is 9.10. The molecule has 0 unspecified atom stereocenters. The van der Waals surface area contributed by atoms with Gasteiger partial charge < -0.3 is 15.0 Å². The van der Waals surface area contributed by atoms with E-state index in [9.17, 15) is 14.7 Å². The van der Waals surface area contributed by atoms with Gasteiger partial charge >= 0.3 is 5.97 Å². The summed E-state index contributed by atoms with van der Waals surface area (Å²) in [6.07, 6.45) is 2.62. The Hall–Kier alpha value is -2.32. The van der Waals surface area contributed by atoms with E-state index < -0.39 is 5.97 Å². The number of fused-ring (bicyclic) bond motifs is 1. The van der Waals surface area contributed by atoms with Gasteiger partial charge in [-0.15, -0.1) is 0 Å². The highest BCUT2D eigenvalue weighted by Gasteiger charge is 2.19. The number of nitrogens with one attached hydrogen (secondary N) is 1. The maximum absolute atomic E-state index is 12.7. The van der Waals surface area contributed by atoms with E-state index in [-0.39, 0.29) is 17.4 Å². The smallest absolute Gasteiger partial charge is 0.336 e. The molecule has 2 N–H and O–H groups in total. The summed E-state index contributed by atoms with van der Waals surface area (Å²) in [5, 5.41) is 12.4. The van der Waals surface area contributed by atoms with Crippen LogP contribution in [-0.4, -0.2) is 32.3 Å². The molecule has 0 radical (unpaired) electrons. The van der Waals surface area contributed by atoms with Gasteiger partial charge in [-0.3, -0.25) is 4.79 Å². The number of carbonyl (C=O) groups is 2. The van der Waals surface area contributed by atoms with Crippen LogP contribution in [0.25, 0.3) is 11.0 Å². The van der Waals surface area contributed by atoms with E-state index >= 15 is 0 Å². The summed E-state index contributed by atoms with van der Waals surface area (Å²) in [6.45, 7) is 9.44. The summed E-state index contributed by atoms with van der Waals surface area (Å²) in [4.78, 5) is 29.0. The number of hydrogen-bond acceptors (Lipinski definition) is 4. The van der Waals surface area contributed by atoms with Crippen molar-refractivity contribution in [3.8, 4) is 0 Å². The second kappa shape index (κ2) is 12.1. The van der Waals surface area contributed by atoms with Crippen molar-refractivity contribution in [2.75, 3.05) is 5.75 Å². The van der Waals surface area contributed by atoms with Crippen molar-refractivity contribution < 1.29 is 14.7 Å². The number of carboxylic acid groups (broad SMARTS) is 1. The number of nitrogens with zero attached hydrogens (tertiary/aromatic N) is 2. The van der Waals surface area contributed by atoms with Crippen LogP contribution in [0.2, 0.25) is 0 Å². The first-order valence-electron chi connectivity index (χ1n) is 12.0. The molecule has 0 spiro atoms. The Kier molecular flexibility index (Phi) is 9.41. The minimum absolute atomic E-state index is 0.0370. The molecule has 1 atom stereocenters. The fraction of sp³-hybridized carbons (Fsp3) is 0.444. The van der Waals surface area contributed by atoms with Crippen molar-refractivity contribution in [3.05, 3.63) is 62.9 Å². The molecule has 1 heterocycles. The van der Waals surface area contributed by atoms with Crippen LogP contribution in [0.1, 0.15) is 66.5 Å². The molecule has 0 aliphatic carbocycles. The Balaban J connectivity index is 1.93. The van der Waals surface area contributed by atoms with Crippen molar-refractivity contribution in [2.45, 2.75) is 60.0 Å². The fourth-order valence-electron chi connectivity index (χ4n) is 4.39. The summed E-state index contributed by atoms with van der Waals surface area (Å²) in [5.74, 6) is 0.946. The zero-order valence-electron chi connectivity index (χ0n) is 20.8. The van der Waals surface area contributed by atoms with Crippen LogP contribution in [-0.2, 0) is 24.3 Å². The number of aryl methyl sites for hydroxylation is 2. The molecule has 0 saturated heterocycles. The molecule has 188 valence electrons. The number of imidazole rings is 1. The third-order valence-corrected chi connectivity index (χ3v) is 7.17. The van der Waals surface area contributed by atoms with Crippen molar-refractivity contribution in [2.24, 2.45) is 11.8 Å². The number of hydrogen-bond donors (Lipinski definition) is 3. The first-order valence-corrected chi connectivity index (χ1v) is 13.5. The SMILES string of the molecule is CCCc1nc2c(C)cc(CNC(=O)[C@H](CS)CC(C)C)cc2n1Cc1ccc(C(=O)O)c(Br)c1. The molecular weight excluding hydrogens is 526 g/mol. The molecule has 0 saturated carbocycles. The summed E-state index contributed by atoms with van der Waals surface area (Å²) >= 11 is 7.76. The predicted octanol–water partition coefficient (Wildman–Crippen LogP) is 6.01. The number of rotatable bonds is 11. The second-order valence-corrected chi connectivity index (χ2v) is 10.7. The molecule has 8 heteroatoms. The van der Waals surface area contributed by atoms with Crippen molar-refractivity contribution >= 4 is 51.5 Å². The molecule has 1 aromatic heterocycles. The molecule has 35 heavy (non-hydrogen) atoms. The van der Waals surface area contributed by atoms with Crippen LogP contribution in [0.3, 0.4) is 0 Å². The highest BCUT2D eigenvalue weighted by Crippen LogP contribution is 2.26. The number of carbonyl (C=O) groups excluding carboxylic acids is 1. The zero-order chi connectivity index (χ0) is 25.7. The second-order valence-electron chi connectivity index (χ2n) is 9.49. The van der Waals surface area contributed by atoms with E-state index in [0.717, 1.165) is 52.8 Å². The van der Waals surface area contributed by atoms with E-state index in [2.05, 4.69) is 71.3 Å². The predicted molar refractivity (Wildman–Crippen MR) is 147 cm³/mol. The number of amides is 1. The number of aromatic carboxylic acids is 1. The van der Waals surface area contributed by atoms with E-state index in [1.807, 2.05) is 19.1 Å². The van der Waals surface area contributed by atoms with Gasteiger partial charge in [-0.2, -0.15) is 12.6 Å². The molecule has 6 nitrogen and oxygen atoms in total. The molecule has 0 bridgehead atoms. The average Bonchev–Trinajstić information content (AvgIpc) is 3.13. The minimum Gasteiger partial charge on any atom is -0.478 e. The third-order valence-electron chi connectivity index (χ3n) is 6.08. The fourth-order valence-corrected chi connectivity index (χ4v) is 5.30.